The van der Waals surface area contributed by atoms with Crippen molar-refractivity contribution in [3.05, 3.63) is 0 Å². The zero-order valence-electron chi connectivity index (χ0n) is 6.63. The second-order valence-electron chi connectivity index (χ2n) is 1.77. The van der Waals surface area contributed by atoms with Crippen LogP contribution in [-0.2, 0) is 10.4 Å². The summed E-state index contributed by atoms with van der Waals surface area (Å²) < 4.78 is 34.1. The minimum absolute atomic E-state index is 0. The molecule has 0 spiro atoms. The van der Waals surface area contributed by atoms with Gasteiger partial charge in [0.2, 0.25) is 0 Å². The largest absolute Gasteiger partial charge is 2.00 e. The van der Waals surface area contributed by atoms with E-state index in [-0.39, 0.29) is 35.8 Å². The van der Waals surface area contributed by atoms with Crippen LogP contribution in [0.2, 0.25) is 0 Å². The van der Waals surface area contributed by atoms with Gasteiger partial charge in [0.25, 0.3) is 0 Å². The van der Waals surface area contributed by atoms with E-state index in [1.165, 1.54) is 0 Å². The average Bonchev–Trinajstić information content (AvgIpc) is 1.58. The van der Waals surface area contributed by atoms with Gasteiger partial charge in [-0.25, -0.2) is 0 Å². The van der Waals surface area contributed by atoms with Gasteiger partial charge in [0, 0.05) is 17.0 Å². The van der Waals surface area contributed by atoms with Crippen LogP contribution < -0.4 is 0 Å². The fourth-order valence-electron chi connectivity index (χ4n) is 0.187. The molecule has 0 saturated carbocycles. The van der Waals surface area contributed by atoms with Gasteiger partial charge in [-0.15, -0.1) is 0 Å². The van der Waals surface area contributed by atoms with Crippen molar-refractivity contribution in [3.8, 4) is 0 Å². The van der Waals surface area contributed by atoms with Crippen molar-refractivity contribution in [3.63, 3.8) is 0 Å². The Morgan fingerprint density at radius 1 is 1.42 bits per heavy atom. The predicted molar refractivity (Wildman–Crippen MR) is 39.6 cm³/mol. The summed E-state index contributed by atoms with van der Waals surface area (Å²) in [5.74, 6) is 0. The van der Waals surface area contributed by atoms with Crippen LogP contribution in [0.5, 0.6) is 0 Å². The van der Waals surface area contributed by atoms with Crippen molar-refractivity contribution >= 4 is 33.5 Å². The second-order valence-corrected chi connectivity index (χ2v) is 2.59. The van der Waals surface area contributed by atoms with Crippen LogP contribution in [0.25, 0.3) is 0 Å². The van der Waals surface area contributed by atoms with Gasteiger partial charge >= 0.3 is 23.1 Å². The molecule has 0 saturated heterocycles. The minimum atomic E-state index is -5.17. The molecule has 0 aliphatic rings. The van der Waals surface area contributed by atoms with Crippen molar-refractivity contribution < 1.29 is 27.7 Å². The molecule has 70 valence electrons. The Hall–Kier alpha value is 0.556. The van der Waals surface area contributed by atoms with Crippen LogP contribution >= 0.6 is 0 Å². The van der Waals surface area contributed by atoms with Crippen LogP contribution in [0.4, 0.5) is 0 Å². The summed E-state index contributed by atoms with van der Waals surface area (Å²) in [4.78, 5) is 0. The summed E-state index contributed by atoms with van der Waals surface area (Å²) in [5, 5.41) is 16.5. The van der Waals surface area contributed by atoms with Gasteiger partial charge < -0.3 is 19.3 Å². The van der Waals surface area contributed by atoms with Crippen LogP contribution in [0.15, 0.2) is 0 Å². The third kappa shape index (κ3) is 76.2. The Morgan fingerprint density at radius 2 is 1.67 bits per heavy atom. The summed E-state index contributed by atoms with van der Waals surface area (Å²) in [5.41, 5.74) is 0. The molecule has 1 atom stereocenters. The van der Waals surface area contributed by atoms with E-state index < -0.39 is 10.4 Å². The van der Waals surface area contributed by atoms with Crippen LogP contribution in [-0.4, -0.2) is 63.5 Å². The standard InChI is InChI=1S/C4H10O2.Mg.H2O4S/c1-4(6)2-3-5;;1-5(2,3)4/h4-6H,2-3H2,1H3;;(H2,1,2,3,4)/q;+2;/p-2. The maximum Gasteiger partial charge on any atom is 2.00 e. The number of aliphatic hydroxyl groups is 2. The van der Waals surface area contributed by atoms with E-state index in [1.807, 2.05) is 0 Å². The van der Waals surface area contributed by atoms with Crippen molar-refractivity contribution in [2.75, 3.05) is 6.61 Å². The van der Waals surface area contributed by atoms with E-state index in [2.05, 4.69) is 0 Å². The van der Waals surface area contributed by atoms with Gasteiger partial charge in [-0.1, -0.05) is 0 Å². The first-order valence-electron chi connectivity index (χ1n) is 2.73. The molecule has 0 aliphatic heterocycles. The van der Waals surface area contributed by atoms with E-state index in [1.54, 1.807) is 6.92 Å². The molecule has 0 aromatic carbocycles. The third-order valence-electron chi connectivity index (χ3n) is 0.547. The van der Waals surface area contributed by atoms with E-state index in [9.17, 15) is 0 Å². The maximum atomic E-state index is 8.52. The number of rotatable bonds is 2. The molecule has 0 amide bonds. The molecule has 2 N–H and O–H groups in total. The first-order chi connectivity index (χ1) is 4.77. The second kappa shape index (κ2) is 9.64. The number of hydrogen-bond donors (Lipinski definition) is 2. The molecular weight excluding hydrogens is 200 g/mol. The zero-order chi connectivity index (χ0) is 9.49. The fourth-order valence-corrected chi connectivity index (χ4v) is 0.187. The summed E-state index contributed by atoms with van der Waals surface area (Å²) in [6, 6.07) is 0. The van der Waals surface area contributed by atoms with Gasteiger partial charge in [-0.3, -0.25) is 8.42 Å². The minimum Gasteiger partial charge on any atom is -0.759 e. The monoisotopic (exact) mass is 210 g/mol. The van der Waals surface area contributed by atoms with Crippen molar-refractivity contribution in [1.29, 1.82) is 0 Å². The average molecular weight is 210 g/mol. The van der Waals surface area contributed by atoms with E-state index in [0.717, 1.165) is 0 Å². The molecule has 0 rings (SSSR count). The van der Waals surface area contributed by atoms with E-state index >= 15 is 0 Å². The summed E-state index contributed by atoms with van der Waals surface area (Å²) in [6.07, 6.45) is 0.134. The first-order valence-corrected chi connectivity index (χ1v) is 4.06. The summed E-state index contributed by atoms with van der Waals surface area (Å²) >= 11 is 0. The molecule has 8 heteroatoms. The number of aliphatic hydroxyl groups excluding tert-OH is 2. The van der Waals surface area contributed by atoms with Crippen LogP contribution in [0, 0.1) is 0 Å². The Kier molecular flexibility index (Phi) is 14.8. The first kappa shape index (κ1) is 18.4. The summed E-state index contributed by atoms with van der Waals surface area (Å²) in [6.45, 7) is 1.73. The van der Waals surface area contributed by atoms with Crippen molar-refractivity contribution in [2.24, 2.45) is 0 Å². The Morgan fingerprint density at radius 3 is 1.67 bits per heavy atom. The smallest absolute Gasteiger partial charge is 0.759 e. The van der Waals surface area contributed by atoms with Gasteiger partial charge in [-0.05, 0) is 13.3 Å². The molecule has 1 unspecified atom stereocenters. The Balaban J connectivity index is -0.000000126. The molecule has 6 nitrogen and oxygen atoms in total. The molecule has 0 aromatic heterocycles. The van der Waals surface area contributed by atoms with E-state index in [4.69, 9.17) is 27.7 Å². The van der Waals surface area contributed by atoms with Gasteiger partial charge in [0.05, 0.1) is 6.10 Å². The normalized spacial score (nSPS) is 12.1. The molecule has 12 heavy (non-hydrogen) atoms. The molecule has 0 heterocycles. The fraction of sp³-hybridized carbons (Fsp3) is 1.00. The van der Waals surface area contributed by atoms with Gasteiger partial charge in [0.15, 0.2) is 0 Å². The zero-order valence-corrected chi connectivity index (χ0v) is 8.87. The summed E-state index contributed by atoms with van der Waals surface area (Å²) in [7, 11) is -5.17. The molecule has 0 fully saturated rings. The van der Waals surface area contributed by atoms with E-state index in [0.29, 0.717) is 6.42 Å². The quantitative estimate of drug-likeness (QED) is 0.310. The van der Waals surface area contributed by atoms with Gasteiger partial charge in [-0.2, -0.15) is 0 Å². The van der Waals surface area contributed by atoms with Crippen LogP contribution in [0.3, 0.4) is 0 Å². The molecular formula is C4H10MgO6S. The number of hydrogen-bond acceptors (Lipinski definition) is 6. The molecule has 0 radical (unpaired) electrons. The van der Waals surface area contributed by atoms with Gasteiger partial charge in [0.1, 0.15) is 0 Å². The topological polar surface area (TPSA) is 121 Å². The Bertz CT molecular complexity index is 156. The van der Waals surface area contributed by atoms with Crippen molar-refractivity contribution in [2.45, 2.75) is 19.4 Å². The van der Waals surface area contributed by atoms with Crippen molar-refractivity contribution in [1.82, 2.24) is 0 Å². The predicted octanol–water partition coefficient (Wildman–Crippen LogP) is -1.97. The third-order valence-corrected chi connectivity index (χ3v) is 0.547. The van der Waals surface area contributed by atoms with Crippen LogP contribution in [0.1, 0.15) is 13.3 Å². The SMILES string of the molecule is CC(O)CCO.O=S(=O)([O-])[O-].[Mg+2]. The Labute approximate surface area is 87.3 Å². The maximum absolute atomic E-state index is 8.52. The molecule has 0 aromatic rings. The molecule has 0 bridgehead atoms. The molecule has 0 aliphatic carbocycles.